The molecule has 1 aromatic heterocycles. The molecule has 0 saturated carbocycles. The first-order chi connectivity index (χ1) is 12.6. The number of thioether (sulfide) groups is 1. The van der Waals surface area contributed by atoms with E-state index in [0.29, 0.717) is 32.9 Å². The average Bonchev–Trinajstić information content (AvgIpc) is 3.18. The molecule has 6 heteroatoms. The number of hydrogen-bond acceptors (Lipinski definition) is 4. The lowest BCUT2D eigenvalue weighted by Crippen LogP contribution is -2.28. The summed E-state index contributed by atoms with van der Waals surface area (Å²) in [4.78, 5) is 14.8. The molecule has 1 amide bonds. The van der Waals surface area contributed by atoms with E-state index in [9.17, 15) is 9.18 Å². The van der Waals surface area contributed by atoms with E-state index < -0.39 is 0 Å². The summed E-state index contributed by atoms with van der Waals surface area (Å²) in [5.74, 6) is 0.728. The van der Waals surface area contributed by atoms with Gasteiger partial charge in [-0.2, -0.15) is 0 Å². The number of thiocarbonyl (C=S) groups is 1. The Kier molecular flexibility index (Phi) is 6.27. The highest BCUT2D eigenvalue weighted by atomic mass is 32.2. The minimum absolute atomic E-state index is 0.0693. The molecule has 3 rings (SSSR count). The molecule has 0 spiro atoms. The predicted octanol–water partition coefficient (Wildman–Crippen LogP) is 5.87. The van der Waals surface area contributed by atoms with Gasteiger partial charge in [0.25, 0.3) is 5.91 Å². The first-order valence-corrected chi connectivity index (χ1v) is 9.92. The van der Waals surface area contributed by atoms with Crippen LogP contribution in [0.1, 0.15) is 38.4 Å². The van der Waals surface area contributed by atoms with Gasteiger partial charge in [0.2, 0.25) is 0 Å². The molecule has 0 unspecified atom stereocenters. The van der Waals surface area contributed by atoms with Gasteiger partial charge in [0, 0.05) is 18.2 Å². The highest BCUT2D eigenvalue weighted by Gasteiger charge is 2.31. The summed E-state index contributed by atoms with van der Waals surface area (Å²) in [5.41, 5.74) is 0.660. The van der Waals surface area contributed by atoms with Crippen molar-refractivity contribution in [3.63, 3.8) is 0 Å². The van der Waals surface area contributed by atoms with E-state index in [1.807, 2.05) is 0 Å². The number of carbonyl (C=O) groups is 1. The molecule has 2 heterocycles. The van der Waals surface area contributed by atoms with Gasteiger partial charge in [-0.1, -0.05) is 62.3 Å². The average molecular weight is 390 g/mol. The maximum atomic E-state index is 13.4. The minimum atomic E-state index is -0.315. The molecule has 3 nitrogen and oxygen atoms in total. The fourth-order valence-electron chi connectivity index (χ4n) is 2.75. The SMILES string of the molecule is CCCCCCN1C(=O)/C(=C\c2ccc(-c3cccc(F)c3)o2)SC1=S. The number of rotatable bonds is 7. The van der Waals surface area contributed by atoms with Crippen LogP contribution in [-0.4, -0.2) is 21.7 Å². The molecule has 1 saturated heterocycles. The van der Waals surface area contributed by atoms with E-state index in [1.54, 1.807) is 35.2 Å². The van der Waals surface area contributed by atoms with Crippen LogP contribution in [0.5, 0.6) is 0 Å². The molecule has 26 heavy (non-hydrogen) atoms. The second kappa shape index (κ2) is 8.64. The summed E-state index contributed by atoms with van der Waals surface area (Å²) in [6.07, 6.45) is 6.08. The normalized spacial score (nSPS) is 16.1. The third-order valence-corrected chi connectivity index (χ3v) is 5.50. The maximum Gasteiger partial charge on any atom is 0.266 e. The van der Waals surface area contributed by atoms with Crippen LogP contribution >= 0.6 is 24.0 Å². The molecule has 1 aliphatic rings. The van der Waals surface area contributed by atoms with Crippen molar-refractivity contribution in [1.29, 1.82) is 0 Å². The monoisotopic (exact) mass is 389 g/mol. The van der Waals surface area contributed by atoms with Crippen molar-refractivity contribution in [2.75, 3.05) is 6.54 Å². The molecule has 1 aliphatic heterocycles. The largest absolute Gasteiger partial charge is 0.457 e. The number of halogens is 1. The third-order valence-electron chi connectivity index (χ3n) is 4.12. The molecular formula is C20H20FNO2S2. The topological polar surface area (TPSA) is 33.5 Å². The van der Waals surface area contributed by atoms with E-state index in [0.717, 1.165) is 19.3 Å². The number of nitrogens with zero attached hydrogens (tertiary/aromatic N) is 1. The first kappa shape index (κ1) is 18.9. The maximum absolute atomic E-state index is 13.4. The van der Waals surface area contributed by atoms with Crippen molar-refractivity contribution in [2.24, 2.45) is 0 Å². The van der Waals surface area contributed by atoms with Gasteiger partial charge in [-0.25, -0.2) is 4.39 Å². The van der Waals surface area contributed by atoms with Crippen LogP contribution in [0.2, 0.25) is 0 Å². The quantitative estimate of drug-likeness (QED) is 0.337. The Morgan fingerprint density at radius 1 is 1.23 bits per heavy atom. The highest BCUT2D eigenvalue weighted by Crippen LogP contribution is 2.34. The zero-order chi connectivity index (χ0) is 18.5. The van der Waals surface area contributed by atoms with Gasteiger partial charge in [-0.05, 0) is 30.7 Å². The van der Waals surface area contributed by atoms with Crippen molar-refractivity contribution in [1.82, 2.24) is 4.90 Å². The van der Waals surface area contributed by atoms with E-state index in [1.165, 1.54) is 30.3 Å². The van der Waals surface area contributed by atoms with Crippen molar-refractivity contribution >= 4 is 40.3 Å². The standard InChI is InChI=1S/C20H20FNO2S2/c1-2-3-4-5-11-22-19(23)18(26-20(22)25)13-16-9-10-17(24-16)14-7-6-8-15(21)12-14/h6-10,12-13H,2-5,11H2,1H3/b18-13+. The van der Waals surface area contributed by atoms with Gasteiger partial charge in [-0.15, -0.1) is 0 Å². The molecule has 1 aromatic carbocycles. The van der Waals surface area contributed by atoms with Crippen LogP contribution in [0.15, 0.2) is 45.7 Å². The Bertz CT molecular complexity index is 844. The van der Waals surface area contributed by atoms with E-state index in [4.69, 9.17) is 16.6 Å². The summed E-state index contributed by atoms with van der Waals surface area (Å²) < 4.78 is 19.7. The second-order valence-corrected chi connectivity index (χ2v) is 7.78. The number of carbonyl (C=O) groups excluding carboxylic acids is 1. The Balaban J connectivity index is 1.70. The molecule has 0 bridgehead atoms. The van der Waals surface area contributed by atoms with Gasteiger partial charge in [-0.3, -0.25) is 9.69 Å². The van der Waals surface area contributed by atoms with Crippen molar-refractivity contribution in [2.45, 2.75) is 32.6 Å². The van der Waals surface area contributed by atoms with Crippen LogP contribution in [0.4, 0.5) is 4.39 Å². The molecule has 0 N–H and O–H groups in total. The lowest BCUT2D eigenvalue weighted by Gasteiger charge is -2.13. The zero-order valence-corrected chi connectivity index (χ0v) is 16.2. The van der Waals surface area contributed by atoms with Gasteiger partial charge < -0.3 is 4.42 Å². The van der Waals surface area contributed by atoms with Crippen molar-refractivity contribution < 1.29 is 13.6 Å². The second-order valence-electron chi connectivity index (χ2n) is 6.11. The molecular weight excluding hydrogens is 369 g/mol. The lowest BCUT2D eigenvalue weighted by atomic mass is 10.2. The van der Waals surface area contributed by atoms with Gasteiger partial charge in [0.1, 0.15) is 21.7 Å². The lowest BCUT2D eigenvalue weighted by molar-refractivity contribution is -0.122. The van der Waals surface area contributed by atoms with Crippen LogP contribution in [0.3, 0.4) is 0 Å². The Morgan fingerprint density at radius 3 is 2.85 bits per heavy atom. The number of unbranched alkanes of at least 4 members (excludes halogenated alkanes) is 3. The summed E-state index contributed by atoms with van der Waals surface area (Å²) >= 11 is 6.64. The molecule has 0 atom stereocenters. The smallest absolute Gasteiger partial charge is 0.266 e. The Labute approximate surface area is 162 Å². The minimum Gasteiger partial charge on any atom is -0.457 e. The molecule has 1 fully saturated rings. The highest BCUT2D eigenvalue weighted by molar-refractivity contribution is 8.26. The third kappa shape index (κ3) is 4.43. The predicted molar refractivity (Wildman–Crippen MR) is 108 cm³/mol. The first-order valence-electron chi connectivity index (χ1n) is 8.69. The number of furan rings is 1. The Morgan fingerprint density at radius 2 is 2.08 bits per heavy atom. The summed E-state index contributed by atoms with van der Waals surface area (Å²) in [6, 6.07) is 9.76. The van der Waals surface area contributed by atoms with Crippen LogP contribution in [-0.2, 0) is 4.79 Å². The fraction of sp³-hybridized carbons (Fsp3) is 0.300. The van der Waals surface area contributed by atoms with Crippen LogP contribution in [0, 0.1) is 5.82 Å². The number of benzene rings is 1. The van der Waals surface area contributed by atoms with Gasteiger partial charge in [0.05, 0.1) is 4.91 Å². The zero-order valence-electron chi connectivity index (χ0n) is 14.5. The summed E-state index contributed by atoms with van der Waals surface area (Å²) in [5, 5.41) is 0. The van der Waals surface area contributed by atoms with E-state index in [2.05, 4.69) is 6.92 Å². The molecule has 2 aromatic rings. The fourth-order valence-corrected chi connectivity index (χ4v) is 4.03. The summed E-state index contributed by atoms with van der Waals surface area (Å²) in [7, 11) is 0. The summed E-state index contributed by atoms with van der Waals surface area (Å²) in [6.45, 7) is 2.82. The Hall–Kier alpha value is -1.92. The van der Waals surface area contributed by atoms with Gasteiger partial charge >= 0.3 is 0 Å². The number of amides is 1. The van der Waals surface area contributed by atoms with E-state index >= 15 is 0 Å². The van der Waals surface area contributed by atoms with Crippen LogP contribution < -0.4 is 0 Å². The molecule has 136 valence electrons. The van der Waals surface area contributed by atoms with Gasteiger partial charge in [0.15, 0.2) is 0 Å². The van der Waals surface area contributed by atoms with E-state index in [-0.39, 0.29) is 11.7 Å². The molecule has 0 radical (unpaired) electrons. The van der Waals surface area contributed by atoms with Crippen LogP contribution in [0.25, 0.3) is 17.4 Å². The number of hydrogen-bond donors (Lipinski definition) is 0. The van der Waals surface area contributed by atoms with Crippen molar-refractivity contribution in [3.05, 3.63) is 52.9 Å². The molecule has 0 aliphatic carbocycles. The van der Waals surface area contributed by atoms with Crippen molar-refractivity contribution in [3.8, 4) is 11.3 Å².